The Balaban J connectivity index is 2.01. The minimum atomic E-state index is 0.147. The van der Waals surface area contributed by atoms with Crippen LogP contribution in [0.5, 0.6) is 0 Å². The molecule has 0 aliphatic carbocycles. The van der Waals surface area contributed by atoms with E-state index in [2.05, 4.69) is 4.90 Å². The van der Waals surface area contributed by atoms with Crippen LogP contribution < -0.4 is 0 Å². The first kappa shape index (κ1) is 12.3. The summed E-state index contributed by atoms with van der Waals surface area (Å²) in [6, 6.07) is 7.86. The summed E-state index contributed by atoms with van der Waals surface area (Å²) in [4.78, 5) is 14.2. The van der Waals surface area contributed by atoms with Crippen LogP contribution in [0.4, 0.5) is 0 Å². The molecule has 1 aromatic rings. The first-order valence-corrected chi connectivity index (χ1v) is 6.15. The van der Waals surface area contributed by atoms with Crippen LogP contribution in [0.1, 0.15) is 28.8 Å². The van der Waals surface area contributed by atoms with E-state index < -0.39 is 0 Å². The predicted octanol–water partition coefficient (Wildman–Crippen LogP) is 1.63. The van der Waals surface area contributed by atoms with Crippen molar-refractivity contribution < 1.29 is 9.90 Å². The van der Waals surface area contributed by atoms with Gasteiger partial charge in [0.15, 0.2) is 5.78 Å². The monoisotopic (exact) mass is 233 g/mol. The van der Waals surface area contributed by atoms with Gasteiger partial charge in [-0.25, -0.2) is 0 Å². The Morgan fingerprint density at radius 2 is 2.35 bits per heavy atom. The predicted molar refractivity (Wildman–Crippen MR) is 67.2 cm³/mol. The second kappa shape index (κ2) is 5.43. The summed E-state index contributed by atoms with van der Waals surface area (Å²) < 4.78 is 0. The number of nitrogens with zero attached hydrogens (tertiary/aromatic N) is 1. The molecule has 0 spiro atoms. The van der Waals surface area contributed by atoms with Gasteiger partial charge in [0, 0.05) is 11.6 Å². The average Bonchev–Trinajstić information content (AvgIpc) is 2.76. The molecule has 1 aromatic carbocycles. The van der Waals surface area contributed by atoms with Gasteiger partial charge in [-0.05, 0) is 32.4 Å². The molecule has 1 heterocycles. The minimum absolute atomic E-state index is 0.147. The smallest absolute Gasteiger partial charge is 0.176 e. The first-order valence-electron chi connectivity index (χ1n) is 6.15. The number of carbonyl (C=O) groups is 1. The number of aliphatic hydroxyl groups is 1. The summed E-state index contributed by atoms with van der Waals surface area (Å²) in [7, 11) is 0. The minimum Gasteiger partial charge on any atom is -0.395 e. The van der Waals surface area contributed by atoms with E-state index in [0.717, 1.165) is 30.5 Å². The highest BCUT2D eigenvalue weighted by Crippen LogP contribution is 2.17. The number of likely N-dealkylation sites (tertiary alicyclic amines) is 1. The SMILES string of the molecule is Cc1cccc(C(=O)CN2CCCC2CO)c1. The standard InChI is InChI=1S/C14H19NO2/c1-11-4-2-5-12(8-11)14(17)9-15-7-3-6-13(15)10-16/h2,4-5,8,13,16H,3,6-7,9-10H2,1H3. The van der Waals surface area contributed by atoms with E-state index in [1.165, 1.54) is 0 Å². The Morgan fingerprint density at radius 1 is 1.53 bits per heavy atom. The fourth-order valence-corrected chi connectivity index (χ4v) is 2.40. The Morgan fingerprint density at radius 3 is 3.06 bits per heavy atom. The number of ketones is 1. The lowest BCUT2D eigenvalue weighted by Crippen LogP contribution is -2.36. The fraction of sp³-hybridized carbons (Fsp3) is 0.500. The molecule has 0 saturated carbocycles. The van der Waals surface area contributed by atoms with Crippen LogP contribution in [0.15, 0.2) is 24.3 Å². The lowest BCUT2D eigenvalue weighted by molar-refractivity contribution is 0.0888. The molecule has 0 amide bonds. The van der Waals surface area contributed by atoms with Gasteiger partial charge in [0.05, 0.1) is 13.2 Å². The normalized spacial score (nSPS) is 20.7. The molecule has 0 aromatic heterocycles. The third kappa shape index (κ3) is 2.93. The van der Waals surface area contributed by atoms with Crippen molar-refractivity contribution in [3.63, 3.8) is 0 Å². The zero-order valence-corrected chi connectivity index (χ0v) is 10.2. The highest BCUT2D eigenvalue weighted by molar-refractivity contribution is 5.97. The summed E-state index contributed by atoms with van der Waals surface area (Å²) in [5.41, 5.74) is 1.88. The molecule has 17 heavy (non-hydrogen) atoms. The van der Waals surface area contributed by atoms with Crippen LogP contribution in [0.2, 0.25) is 0 Å². The highest BCUT2D eigenvalue weighted by atomic mass is 16.3. The molecule has 1 unspecified atom stereocenters. The molecule has 3 heteroatoms. The summed E-state index contributed by atoms with van der Waals surface area (Å²) in [5, 5.41) is 9.21. The van der Waals surface area contributed by atoms with Gasteiger partial charge in [0.1, 0.15) is 0 Å². The van der Waals surface area contributed by atoms with Gasteiger partial charge in [-0.2, -0.15) is 0 Å². The number of hydrogen-bond donors (Lipinski definition) is 1. The summed E-state index contributed by atoms with van der Waals surface area (Å²) >= 11 is 0. The summed E-state index contributed by atoms with van der Waals surface area (Å²) in [5.74, 6) is 0.147. The van der Waals surface area contributed by atoms with Crippen molar-refractivity contribution in [2.24, 2.45) is 0 Å². The average molecular weight is 233 g/mol. The molecule has 1 saturated heterocycles. The van der Waals surface area contributed by atoms with Gasteiger partial charge in [-0.1, -0.05) is 23.8 Å². The van der Waals surface area contributed by atoms with Gasteiger partial charge < -0.3 is 5.11 Å². The van der Waals surface area contributed by atoms with Crippen LogP contribution in [0.25, 0.3) is 0 Å². The van der Waals surface area contributed by atoms with Crippen molar-refractivity contribution in [1.29, 1.82) is 0 Å². The van der Waals surface area contributed by atoms with Crippen LogP contribution in [0, 0.1) is 6.92 Å². The van der Waals surface area contributed by atoms with E-state index in [0.29, 0.717) is 6.54 Å². The second-order valence-electron chi connectivity index (χ2n) is 4.74. The highest BCUT2D eigenvalue weighted by Gasteiger charge is 2.25. The molecule has 3 nitrogen and oxygen atoms in total. The number of hydrogen-bond acceptors (Lipinski definition) is 3. The fourth-order valence-electron chi connectivity index (χ4n) is 2.40. The van der Waals surface area contributed by atoms with E-state index >= 15 is 0 Å². The van der Waals surface area contributed by atoms with E-state index in [1.54, 1.807) is 0 Å². The molecule has 1 aliphatic heterocycles. The van der Waals surface area contributed by atoms with E-state index in [1.807, 2.05) is 31.2 Å². The van der Waals surface area contributed by atoms with Crippen molar-refractivity contribution in [1.82, 2.24) is 4.90 Å². The number of rotatable bonds is 4. The van der Waals surface area contributed by atoms with Crippen molar-refractivity contribution in [2.75, 3.05) is 19.7 Å². The van der Waals surface area contributed by atoms with E-state index in [-0.39, 0.29) is 18.4 Å². The van der Waals surface area contributed by atoms with Gasteiger partial charge in [-0.3, -0.25) is 9.69 Å². The maximum absolute atomic E-state index is 12.1. The number of Topliss-reactive ketones (excluding diaryl/α,β-unsaturated/α-hetero) is 1. The molecule has 1 aliphatic rings. The zero-order valence-electron chi connectivity index (χ0n) is 10.2. The van der Waals surface area contributed by atoms with Crippen molar-refractivity contribution in [3.05, 3.63) is 35.4 Å². The molecule has 2 rings (SSSR count). The largest absolute Gasteiger partial charge is 0.395 e. The Labute approximate surface area is 102 Å². The number of aliphatic hydroxyl groups excluding tert-OH is 1. The molecule has 1 atom stereocenters. The van der Waals surface area contributed by atoms with Crippen molar-refractivity contribution in [3.8, 4) is 0 Å². The molecule has 0 radical (unpaired) electrons. The Hall–Kier alpha value is -1.19. The topological polar surface area (TPSA) is 40.5 Å². The molecule has 92 valence electrons. The van der Waals surface area contributed by atoms with Crippen molar-refractivity contribution >= 4 is 5.78 Å². The lowest BCUT2D eigenvalue weighted by atomic mass is 10.1. The Kier molecular flexibility index (Phi) is 3.92. The molecule has 1 N–H and O–H groups in total. The van der Waals surface area contributed by atoms with E-state index in [4.69, 9.17) is 0 Å². The number of benzene rings is 1. The van der Waals surface area contributed by atoms with E-state index in [9.17, 15) is 9.90 Å². The first-order chi connectivity index (χ1) is 8.20. The number of carbonyl (C=O) groups excluding carboxylic acids is 1. The third-order valence-corrected chi connectivity index (χ3v) is 3.40. The molecule has 0 bridgehead atoms. The lowest BCUT2D eigenvalue weighted by Gasteiger charge is -2.21. The molecular formula is C14H19NO2. The van der Waals surface area contributed by atoms with Crippen LogP contribution in [0.3, 0.4) is 0 Å². The number of aryl methyl sites for hydroxylation is 1. The molecule has 1 fully saturated rings. The maximum Gasteiger partial charge on any atom is 0.176 e. The summed E-state index contributed by atoms with van der Waals surface area (Å²) in [6.07, 6.45) is 2.07. The van der Waals surface area contributed by atoms with Gasteiger partial charge in [0.25, 0.3) is 0 Å². The Bertz CT molecular complexity index is 403. The summed E-state index contributed by atoms with van der Waals surface area (Å²) in [6.45, 7) is 3.49. The van der Waals surface area contributed by atoms with Gasteiger partial charge in [0.2, 0.25) is 0 Å². The van der Waals surface area contributed by atoms with Crippen LogP contribution >= 0.6 is 0 Å². The van der Waals surface area contributed by atoms with Crippen LogP contribution in [-0.4, -0.2) is 41.5 Å². The maximum atomic E-state index is 12.1. The van der Waals surface area contributed by atoms with Crippen LogP contribution in [-0.2, 0) is 0 Å². The third-order valence-electron chi connectivity index (χ3n) is 3.40. The molecular weight excluding hydrogens is 214 g/mol. The zero-order chi connectivity index (χ0) is 12.3. The second-order valence-corrected chi connectivity index (χ2v) is 4.74. The quantitative estimate of drug-likeness (QED) is 0.804. The van der Waals surface area contributed by atoms with Gasteiger partial charge in [-0.15, -0.1) is 0 Å². The van der Waals surface area contributed by atoms with Gasteiger partial charge >= 0.3 is 0 Å². The van der Waals surface area contributed by atoms with Crippen molar-refractivity contribution in [2.45, 2.75) is 25.8 Å².